The van der Waals surface area contributed by atoms with Gasteiger partial charge in [-0.25, -0.2) is 0 Å². The average Bonchev–Trinajstić information content (AvgIpc) is 3.21. The summed E-state index contributed by atoms with van der Waals surface area (Å²) in [6, 6.07) is 20.2. The lowest BCUT2D eigenvalue weighted by molar-refractivity contribution is 0.517. The lowest BCUT2D eigenvalue weighted by Gasteiger charge is -2.17. The van der Waals surface area contributed by atoms with E-state index in [9.17, 15) is 0 Å². The molecular weight excluding hydrogens is 345 g/mol. The maximum Gasteiger partial charge on any atom is 0.0352 e. The van der Waals surface area contributed by atoms with E-state index in [1.807, 2.05) is 0 Å². The highest BCUT2D eigenvalue weighted by Gasteiger charge is 2.43. The van der Waals surface area contributed by atoms with Crippen LogP contribution >= 0.6 is 22.6 Å². The van der Waals surface area contributed by atoms with E-state index in [1.54, 1.807) is 0 Å². The Kier molecular flexibility index (Phi) is 3.89. The van der Waals surface area contributed by atoms with Gasteiger partial charge in [-0.15, -0.1) is 0 Å². The summed E-state index contributed by atoms with van der Waals surface area (Å²) in [5.74, 6) is 1.45. The molecule has 0 bridgehead atoms. The van der Waals surface area contributed by atoms with Gasteiger partial charge in [-0.1, -0.05) is 42.5 Å². The lowest BCUT2D eigenvalue weighted by atomic mass is 9.99. The van der Waals surface area contributed by atoms with E-state index in [0.29, 0.717) is 6.04 Å². The molecule has 0 aromatic heterocycles. The molecule has 98 valence electrons. The SMILES string of the molecule is CNC(c1cccc(I)c1)C1CC1c1ccccc1. The fourth-order valence-electron chi connectivity index (χ4n) is 2.99. The Morgan fingerprint density at radius 2 is 1.89 bits per heavy atom. The number of halogens is 1. The van der Waals surface area contributed by atoms with E-state index >= 15 is 0 Å². The fraction of sp³-hybridized carbons (Fsp3) is 0.294. The second kappa shape index (κ2) is 5.63. The number of nitrogens with one attached hydrogen (secondary N) is 1. The minimum atomic E-state index is 0.472. The summed E-state index contributed by atoms with van der Waals surface area (Å²) in [7, 11) is 2.07. The highest BCUT2D eigenvalue weighted by atomic mass is 127. The van der Waals surface area contributed by atoms with Crippen molar-refractivity contribution in [2.75, 3.05) is 7.05 Å². The molecule has 0 saturated heterocycles. The van der Waals surface area contributed by atoms with Crippen LogP contribution in [0.25, 0.3) is 0 Å². The summed E-state index contributed by atoms with van der Waals surface area (Å²) < 4.78 is 1.31. The third-order valence-electron chi connectivity index (χ3n) is 4.01. The van der Waals surface area contributed by atoms with Crippen LogP contribution < -0.4 is 5.32 Å². The van der Waals surface area contributed by atoms with Crippen molar-refractivity contribution in [3.8, 4) is 0 Å². The summed E-state index contributed by atoms with van der Waals surface area (Å²) in [6.45, 7) is 0. The molecule has 0 amide bonds. The van der Waals surface area contributed by atoms with Gasteiger partial charge in [-0.05, 0) is 71.2 Å². The first-order valence-corrected chi connectivity index (χ1v) is 7.85. The van der Waals surface area contributed by atoms with Crippen LogP contribution in [0, 0.1) is 9.49 Å². The predicted octanol–water partition coefficient (Wildman–Crippen LogP) is 4.36. The van der Waals surface area contributed by atoms with Crippen molar-refractivity contribution < 1.29 is 0 Å². The van der Waals surface area contributed by atoms with Gasteiger partial charge in [0.1, 0.15) is 0 Å². The molecule has 1 N–H and O–H groups in total. The second-order valence-corrected chi connectivity index (χ2v) is 6.48. The minimum Gasteiger partial charge on any atom is -0.313 e. The predicted molar refractivity (Wildman–Crippen MR) is 88.2 cm³/mol. The highest BCUT2D eigenvalue weighted by molar-refractivity contribution is 14.1. The van der Waals surface area contributed by atoms with Crippen molar-refractivity contribution in [2.24, 2.45) is 5.92 Å². The minimum absolute atomic E-state index is 0.472. The maximum atomic E-state index is 3.50. The first kappa shape index (κ1) is 13.1. The third-order valence-corrected chi connectivity index (χ3v) is 4.69. The first-order chi connectivity index (χ1) is 9.29. The molecule has 2 aromatic carbocycles. The van der Waals surface area contributed by atoms with Crippen LogP contribution in [0.3, 0.4) is 0 Å². The number of rotatable bonds is 4. The summed E-state index contributed by atoms with van der Waals surface area (Å²) in [5.41, 5.74) is 2.90. The summed E-state index contributed by atoms with van der Waals surface area (Å²) in [4.78, 5) is 0. The summed E-state index contributed by atoms with van der Waals surface area (Å²) in [5, 5.41) is 3.50. The quantitative estimate of drug-likeness (QED) is 0.797. The standard InChI is InChI=1S/C17H18IN/c1-19-17(13-8-5-9-14(18)10-13)16-11-15(16)12-6-3-2-4-7-12/h2-10,15-17,19H,11H2,1H3. The van der Waals surface area contributed by atoms with E-state index in [4.69, 9.17) is 0 Å². The van der Waals surface area contributed by atoms with E-state index in [1.165, 1.54) is 21.1 Å². The molecule has 3 atom stereocenters. The second-order valence-electron chi connectivity index (χ2n) is 5.24. The molecule has 3 rings (SSSR count). The molecule has 0 heterocycles. The number of hydrogen-bond acceptors (Lipinski definition) is 1. The molecule has 2 heteroatoms. The molecule has 1 fully saturated rings. The van der Waals surface area contributed by atoms with Gasteiger partial charge in [0.25, 0.3) is 0 Å². The van der Waals surface area contributed by atoms with Gasteiger partial charge in [0.2, 0.25) is 0 Å². The van der Waals surface area contributed by atoms with Gasteiger partial charge >= 0.3 is 0 Å². The monoisotopic (exact) mass is 363 g/mol. The van der Waals surface area contributed by atoms with Crippen LogP contribution in [0.5, 0.6) is 0 Å². The van der Waals surface area contributed by atoms with Gasteiger partial charge in [-0.2, -0.15) is 0 Å². The highest BCUT2D eigenvalue weighted by Crippen LogP contribution is 2.53. The van der Waals surface area contributed by atoms with E-state index in [0.717, 1.165) is 11.8 Å². The Morgan fingerprint density at radius 3 is 2.58 bits per heavy atom. The van der Waals surface area contributed by atoms with Gasteiger partial charge in [0.15, 0.2) is 0 Å². The maximum absolute atomic E-state index is 3.50. The summed E-state index contributed by atoms with van der Waals surface area (Å²) >= 11 is 2.39. The molecule has 0 aliphatic heterocycles. The van der Waals surface area contributed by atoms with Crippen LogP contribution in [0.4, 0.5) is 0 Å². The normalized spacial score (nSPS) is 23.1. The molecule has 1 aliphatic carbocycles. The van der Waals surface area contributed by atoms with Gasteiger partial charge < -0.3 is 5.32 Å². The van der Waals surface area contributed by atoms with Crippen LogP contribution in [0.2, 0.25) is 0 Å². The van der Waals surface area contributed by atoms with E-state index < -0.39 is 0 Å². The Morgan fingerprint density at radius 1 is 1.11 bits per heavy atom. The third kappa shape index (κ3) is 2.84. The molecule has 0 spiro atoms. The van der Waals surface area contributed by atoms with Crippen molar-refractivity contribution >= 4 is 22.6 Å². The Labute approximate surface area is 128 Å². The zero-order chi connectivity index (χ0) is 13.2. The van der Waals surface area contributed by atoms with Gasteiger partial charge in [0.05, 0.1) is 0 Å². The first-order valence-electron chi connectivity index (χ1n) is 6.77. The van der Waals surface area contributed by atoms with Crippen LogP contribution in [0.15, 0.2) is 54.6 Å². The molecule has 0 radical (unpaired) electrons. The smallest absolute Gasteiger partial charge is 0.0352 e. The summed E-state index contributed by atoms with van der Waals surface area (Å²) in [6.07, 6.45) is 1.29. The lowest BCUT2D eigenvalue weighted by Crippen LogP contribution is -2.19. The van der Waals surface area contributed by atoms with Gasteiger partial charge in [0, 0.05) is 9.61 Å². The topological polar surface area (TPSA) is 12.0 Å². The Hall–Kier alpha value is -0.870. The Bertz CT molecular complexity index is 552. The molecule has 19 heavy (non-hydrogen) atoms. The molecule has 1 saturated carbocycles. The van der Waals surface area contributed by atoms with E-state index in [2.05, 4.69) is 89.6 Å². The van der Waals surface area contributed by atoms with Crippen LogP contribution in [-0.2, 0) is 0 Å². The van der Waals surface area contributed by atoms with Crippen molar-refractivity contribution in [1.29, 1.82) is 0 Å². The molecular formula is C17H18IN. The molecule has 2 aromatic rings. The van der Waals surface area contributed by atoms with Gasteiger partial charge in [-0.3, -0.25) is 0 Å². The van der Waals surface area contributed by atoms with Crippen molar-refractivity contribution in [1.82, 2.24) is 5.32 Å². The largest absolute Gasteiger partial charge is 0.313 e. The van der Waals surface area contributed by atoms with Crippen molar-refractivity contribution in [3.05, 3.63) is 69.3 Å². The zero-order valence-electron chi connectivity index (χ0n) is 11.0. The van der Waals surface area contributed by atoms with E-state index in [-0.39, 0.29) is 0 Å². The molecule has 3 unspecified atom stereocenters. The van der Waals surface area contributed by atoms with Crippen LogP contribution in [-0.4, -0.2) is 7.05 Å². The van der Waals surface area contributed by atoms with Crippen molar-refractivity contribution in [3.63, 3.8) is 0 Å². The Balaban J connectivity index is 1.79. The molecule has 1 nitrogen and oxygen atoms in total. The van der Waals surface area contributed by atoms with Crippen molar-refractivity contribution in [2.45, 2.75) is 18.4 Å². The number of benzene rings is 2. The molecule has 1 aliphatic rings. The zero-order valence-corrected chi connectivity index (χ0v) is 13.2. The number of hydrogen-bond donors (Lipinski definition) is 1. The fourth-order valence-corrected chi connectivity index (χ4v) is 3.56. The average molecular weight is 363 g/mol. The van der Waals surface area contributed by atoms with Crippen LogP contribution in [0.1, 0.15) is 29.5 Å².